The first-order chi connectivity index (χ1) is 13.1. The first kappa shape index (κ1) is 19.7. The van der Waals surface area contributed by atoms with E-state index in [-0.39, 0.29) is 18.2 Å². The Morgan fingerprint density at radius 2 is 1.86 bits per heavy atom. The van der Waals surface area contributed by atoms with Gasteiger partial charge >= 0.3 is 6.09 Å². The first-order valence-corrected chi connectivity index (χ1v) is 9.16. The molecule has 1 aliphatic rings. The Morgan fingerprint density at radius 3 is 2.46 bits per heavy atom. The van der Waals surface area contributed by atoms with E-state index in [0.29, 0.717) is 24.3 Å². The van der Waals surface area contributed by atoms with Gasteiger partial charge in [-0.05, 0) is 45.0 Å². The third-order valence-corrected chi connectivity index (χ3v) is 4.64. The van der Waals surface area contributed by atoms with E-state index < -0.39 is 11.7 Å². The van der Waals surface area contributed by atoms with Crippen LogP contribution in [-0.2, 0) is 24.8 Å². The molecular formula is C20H26N4O4. The van der Waals surface area contributed by atoms with Gasteiger partial charge in [0, 0.05) is 44.0 Å². The van der Waals surface area contributed by atoms with Crippen LogP contribution in [0.5, 0.6) is 5.75 Å². The molecule has 0 atom stereocenters. The van der Waals surface area contributed by atoms with E-state index in [1.54, 1.807) is 35.8 Å². The van der Waals surface area contributed by atoms with Crippen LogP contribution in [0.3, 0.4) is 0 Å². The highest BCUT2D eigenvalue weighted by atomic mass is 16.6. The van der Waals surface area contributed by atoms with Crippen LogP contribution in [0.4, 0.5) is 10.5 Å². The molecule has 0 radical (unpaired) electrons. The van der Waals surface area contributed by atoms with Gasteiger partial charge in [-0.15, -0.1) is 0 Å². The van der Waals surface area contributed by atoms with Crippen LogP contribution in [0.1, 0.15) is 42.5 Å². The molecule has 1 aromatic carbocycles. The monoisotopic (exact) mass is 386 g/mol. The highest BCUT2D eigenvalue weighted by Gasteiger charge is 2.32. The Hall–Kier alpha value is -3.03. The van der Waals surface area contributed by atoms with E-state index in [1.807, 2.05) is 20.8 Å². The van der Waals surface area contributed by atoms with Crippen LogP contribution in [0.25, 0.3) is 0 Å². The molecule has 0 saturated heterocycles. The molecule has 2 heterocycles. The van der Waals surface area contributed by atoms with Crippen molar-refractivity contribution in [3.05, 3.63) is 41.2 Å². The minimum absolute atomic E-state index is 0.132. The van der Waals surface area contributed by atoms with Crippen molar-refractivity contribution in [2.45, 2.75) is 39.3 Å². The van der Waals surface area contributed by atoms with Crippen LogP contribution in [-0.4, -0.2) is 51.0 Å². The van der Waals surface area contributed by atoms with Gasteiger partial charge in [-0.3, -0.25) is 9.48 Å². The fraction of sp³-hybridized carbons (Fsp3) is 0.450. The molecular weight excluding hydrogens is 360 g/mol. The fourth-order valence-corrected chi connectivity index (χ4v) is 3.20. The second kappa shape index (κ2) is 7.18. The molecule has 2 amide bonds. The maximum atomic E-state index is 13.1. The van der Waals surface area contributed by atoms with Gasteiger partial charge in [0.15, 0.2) is 5.69 Å². The summed E-state index contributed by atoms with van der Waals surface area (Å²) >= 11 is 0. The number of aromatic hydroxyl groups is 1. The summed E-state index contributed by atoms with van der Waals surface area (Å²) in [7, 11) is 3.46. The smallest absolute Gasteiger partial charge is 0.410 e. The molecule has 8 heteroatoms. The molecule has 2 aromatic rings. The van der Waals surface area contributed by atoms with E-state index in [1.165, 1.54) is 17.0 Å². The third-order valence-electron chi connectivity index (χ3n) is 4.64. The summed E-state index contributed by atoms with van der Waals surface area (Å²) in [6.07, 6.45) is 0.209. The van der Waals surface area contributed by atoms with Gasteiger partial charge in [0.05, 0.1) is 6.54 Å². The summed E-state index contributed by atoms with van der Waals surface area (Å²) in [6.45, 7) is 6.27. The summed E-state index contributed by atoms with van der Waals surface area (Å²) in [5, 5.41) is 13.9. The van der Waals surface area contributed by atoms with Crippen molar-refractivity contribution < 1.29 is 19.4 Å². The van der Waals surface area contributed by atoms with Crippen molar-refractivity contribution in [3.63, 3.8) is 0 Å². The maximum Gasteiger partial charge on any atom is 0.410 e. The van der Waals surface area contributed by atoms with Crippen LogP contribution in [0.15, 0.2) is 24.3 Å². The molecule has 0 saturated carbocycles. The van der Waals surface area contributed by atoms with E-state index in [0.717, 1.165) is 11.3 Å². The number of nitrogens with zero attached hydrogens (tertiary/aromatic N) is 4. The zero-order valence-electron chi connectivity index (χ0n) is 16.9. The number of hydrogen-bond acceptors (Lipinski definition) is 5. The number of anilines is 1. The number of rotatable bonds is 2. The Balaban J connectivity index is 1.86. The molecule has 0 aliphatic carbocycles. The molecule has 1 N–H and O–H groups in total. The highest BCUT2D eigenvalue weighted by Crippen LogP contribution is 2.26. The number of phenols is 1. The zero-order valence-corrected chi connectivity index (χ0v) is 16.9. The van der Waals surface area contributed by atoms with Gasteiger partial charge in [-0.25, -0.2) is 4.79 Å². The quantitative estimate of drug-likeness (QED) is 0.857. The minimum atomic E-state index is -0.579. The summed E-state index contributed by atoms with van der Waals surface area (Å²) in [5.41, 5.74) is 2.07. The summed E-state index contributed by atoms with van der Waals surface area (Å²) in [5.74, 6) is -0.138. The largest absolute Gasteiger partial charge is 0.508 e. The number of aryl methyl sites for hydroxylation is 1. The van der Waals surface area contributed by atoms with E-state index in [2.05, 4.69) is 5.10 Å². The number of hydrogen-bond donors (Lipinski definition) is 1. The number of carbonyl (C=O) groups excluding carboxylic acids is 2. The molecule has 150 valence electrons. The van der Waals surface area contributed by atoms with Gasteiger partial charge in [-0.1, -0.05) is 0 Å². The molecule has 0 unspecified atom stereocenters. The Labute approximate surface area is 164 Å². The zero-order chi connectivity index (χ0) is 20.6. The summed E-state index contributed by atoms with van der Waals surface area (Å²) in [6, 6.07) is 6.37. The number of benzene rings is 1. The predicted octanol–water partition coefficient (Wildman–Crippen LogP) is 2.70. The van der Waals surface area contributed by atoms with Crippen LogP contribution in [0.2, 0.25) is 0 Å². The lowest BCUT2D eigenvalue weighted by Gasteiger charge is -2.30. The number of phenolic OH excluding ortho intramolecular Hbond substituents is 1. The second-order valence-electron chi connectivity index (χ2n) is 7.93. The van der Waals surface area contributed by atoms with E-state index >= 15 is 0 Å². The van der Waals surface area contributed by atoms with E-state index in [4.69, 9.17) is 4.74 Å². The minimum Gasteiger partial charge on any atom is -0.508 e. The lowest BCUT2D eigenvalue weighted by molar-refractivity contribution is 0.0221. The molecule has 0 fully saturated rings. The van der Waals surface area contributed by atoms with Crippen LogP contribution < -0.4 is 4.90 Å². The Morgan fingerprint density at radius 1 is 1.21 bits per heavy atom. The lowest BCUT2D eigenvalue weighted by atomic mass is 10.0. The van der Waals surface area contributed by atoms with Gasteiger partial charge in [-0.2, -0.15) is 5.10 Å². The number of aromatic nitrogens is 2. The SMILES string of the molecule is CN(C(=O)c1nn(C)c2c1CN(C(=O)OC(C)(C)C)CC2)c1ccc(O)cc1. The van der Waals surface area contributed by atoms with E-state index in [9.17, 15) is 14.7 Å². The van der Waals surface area contributed by atoms with Crippen LogP contribution >= 0.6 is 0 Å². The normalized spacial score (nSPS) is 13.8. The average Bonchev–Trinajstić information content (AvgIpc) is 2.96. The van der Waals surface area contributed by atoms with Crippen molar-refractivity contribution in [2.75, 3.05) is 18.5 Å². The van der Waals surface area contributed by atoms with Crippen molar-refractivity contribution >= 4 is 17.7 Å². The molecule has 3 rings (SSSR count). The number of ether oxygens (including phenoxy) is 1. The van der Waals surface area contributed by atoms with Crippen LogP contribution in [0, 0.1) is 0 Å². The highest BCUT2D eigenvalue weighted by molar-refractivity contribution is 6.05. The standard InChI is InChI=1S/C20H26N4O4/c1-20(2,3)28-19(27)24-11-10-16-15(12-24)17(21-23(16)5)18(26)22(4)13-6-8-14(25)9-7-13/h6-9,25H,10-12H2,1-5H3. The van der Waals surface area contributed by atoms with Crippen molar-refractivity contribution in [2.24, 2.45) is 7.05 Å². The van der Waals surface area contributed by atoms with Gasteiger partial charge in [0.1, 0.15) is 11.4 Å². The average molecular weight is 386 g/mol. The Bertz CT molecular complexity index is 896. The maximum absolute atomic E-state index is 13.1. The first-order valence-electron chi connectivity index (χ1n) is 9.16. The Kier molecular flexibility index (Phi) is 5.06. The lowest BCUT2D eigenvalue weighted by Crippen LogP contribution is -2.40. The number of amides is 2. The summed E-state index contributed by atoms with van der Waals surface area (Å²) < 4.78 is 7.18. The molecule has 28 heavy (non-hydrogen) atoms. The van der Waals surface area contributed by atoms with Gasteiger partial charge < -0.3 is 19.6 Å². The molecule has 0 spiro atoms. The topological polar surface area (TPSA) is 87.9 Å². The molecule has 8 nitrogen and oxygen atoms in total. The van der Waals surface area contributed by atoms with Crippen molar-refractivity contribution in [3.8, 4) is 5.75 Å². The number of fused-ring (bicyclic) bond motifs is 1. The number of carbonyl (C=O) groups is 2. The van der Waals surface area contributed by atoms with Crippen molar-refractivity contribution in [1.82, 2.24) is 14.7 Å². The second-order valence-corrected chi connectivity index (χ2v) is 7.93. The van der Waals surface area contributed by atoms with Crippen molar-refractivity contribution in [1.29, 1.82) is 0 Å². The predicted molar refractivity (Wildman–Crippen MR) is 104 cm³/mol. The molecule has 1 aromatic heterocycles. The van der Waals surface area contributed by atoms with Gasteiger partial charge in [0.2, 0.25) is 0 Å². The third kappa shape index (κ3) is 3.95. The molecule has 1 aliphatic heterocycles. The summed E-state index contributed by atoms with van der Waals surface area (Å²) in [4.78, 5) is 28.6. The van der Waals surface area contributed by atoms with Gasteiger partial charge in [0.25, 0.3) is 5.91 Å². The fourth-order valence-electron chi connectivity index (χ4n) is 3.20. The molecule has 0 bridgehead atoms.